The summed E-state index contributed by atoms with van der Waals surface area (Å²) in [6, 6.07) is 1.86. The van der Waals surface area contributed by atoms with Crippen molar-refractivity contribution in [3.05, 3.63) is 22.8 Å². The molecule has 0 aromatic carbocycles. The molecule has 1 heterocycles. The lowest BCUT2D eigenvalue weighted by atomic mass is 10.3. The highest BCUT2D eigenvalue weighted by Gasteiger charge is 2.02. The first-order valence-corrected chi connectivity index (χ1v) is 4.59. The van der Waals surface area contributed by atoms with Crippen LogP contribution >= 0.6 is 11.6 Å². The number of aromatic nitrogens is 1. The maximum atomic E-state index is 8.57. The highest BCUT2D eigenvalue weighted by Crippen LogP contribution is 2.22. The van der Waals surface area contributed by atoms with E-state index in [4.69, 9.17) is 16.7 Å². The van der Waals surface area contributed by atoms with Crippen molar-refractivity contribution in [3.8, 4) is 0 Å². The molecule has 0 amide bonds. The van der Waals surface area contributed by atoms with Gasteiger partial charge in [-0.1, -0.05) is 11.6 Å². The van der Waals surface area contributed by atoms with Gasteiger partial charge in [0, 0.05) is 19.3 Å². The number of hydrogen-bond donors (Lipinski definition) is 2. The van der Waals surface area contributed by atoms with E-state index < -0.39 is 0 Å². The fourth-order valence-corrected chi connectivity index (χ4v) is 1.13. The van der Waals surface area contributed by atoms with Gasteiger partial charge in [-0.25, -0.2) is 4.98 Å². The number of aliphatic hydroxyl groups excluding tert-OH is 1. The Morgan fingerprint density at radius 1 is 1.62 bits per heavy atom. The van der Waals surface area contributed by atoms with Gasteiger partial charge in [0.1, 0.15) is 5.82 Å². The van der Waals surface area contributed by atoms with E-state index in [2.05, 4.69) is 10.3 Å². The largest absolute Gasteiger partial charge is 0.396 e. The zero-order valence-electron chi connectivity index (χ0n) is 7.55. The molecule has 0 radical (unpaired) electrons. The minimum Gasteiger partial charge on any atom is -0.396 e. The Morgan fingerprint density at radius 3 is 3.08 bits per heavy atom. The van der Waals surface area contributed by atoms with Crippen molar-refractivity contribution in [1.29, 1.82) is 0 Å². The molecule has 72 valence electrons. The van der Waals surface area contributed by atoms with Crippen LogP contribution in [0.15, 0.2) is 12.3 Å². The number of nitrogens with zero attached hydrogens (tertiary/aromatic N) is 1. The molecule has 3 nitrogen and oxygen atoms in total. The van der Waals surface area contributed by atoms with Crippen LogP contribution in [0.25, 0.3) is 0 Å². The zero-order chi connectivity index (χ0) is 9.68. The monoisotopic (exact) mass is 200 g/mol. The van der Waals surface area contributed by atoms with Crippen LogP contribution in [0, 0.1) is 6.92 Å². The van der Waals surface area contributed by atoms with Gasteiger partial charge in [-0.3, -0.25) is 0 Å². The molecule has 0 fully saturated rings. The molecular weight excluding hydrogens is 188 g/mol. The minimum absolute atomic E-state index is 0.177. The van der Waals surface area contributed by atoms with Gasteiger partial charge in [0.2, 0.25) is 0 Å². The summed E-state index contributed by atoms with van der Waals surface area (Å²) < 4.78 is 0. The third-order valence-corrected chi connectivity index (χ3v) is 2.19. The first kappa shape index (κ1) is 10.3. The van der Waals surface area contributed by atoms with E-state index in [1.165, 1.54) is 0 Å². The summed E-state index contributed by atoms with van der Waals surface area (Å²) in [5, 5.41) is 12.3. The second kappa shape index (κ2) is 5.04. The number of hydrogen-bond acceptors (Lipinski definition) is 3. The highest BCUT2D eigenvalue weighted by atomic mass is 35.5. The van der Waals surface area contributed by atoms with E-state index in [-0.39, 0.29) is 6.61 Å². The number of aliphatic hydroxyl groups is 1. The molecule has 0 saturated heterocycles. The van der Waals surface area contributed by atoms with Gasteiger partial charge >= 0.3 is 0 Å². The predicted molar refractivity (Wildman–Crippen MR) is 54.2 cm³/mol. The van der Waals surface area contributed by atoms with Crippen LogP contribution in [0.4, 0.5) is 5.82 Å². The molecule has 0 saturated carbocycles. The van der Waals surface area contributed by atoms with Gasteiger partial charge in [-0.05, 0) is 25.0 Å². The molecule has 0 aliphatic carbocycles. The third-order valence-electron chi connectivity index (χ3n) is 1.71. The molecule has 0 spiro atoms. The maximum Gasteiger partial charge on any atom is 0.145 e. The van der Waals surface area contributed by atoms with Crippen molar-refractivity contribution in [3.63, 3.8) is 0 Å². The molecule has 0 unspecified atom stereocenters. The van der Waals surface area contributed by atoms with Crippen molar-refractivity contribution in [2.75, 3.05) is 18.5 Å². The summed E-state index contributed by atoms with van der Waals surface area (Å²) in [5.74, 6) is 0.690. The normalized spacial score (nSPS) is 10.1. The second-order valence-electron chi connectivity index (χ2n) is 2.79. The first-order chi connectivity index (χ1) is 6.25. The summed E-state index contributed by atoms with van der Waals surface area (Å²) in [5.41, 5.74) is 1.00. The van der Waals surface area contributed by atoms with Crippen molar-refractivity contribution in [2.24, 2.45) is 0 Å². The van der Waals surface area contributed by atoms with Gasteiger partial charge in [0.25, 0.3) is 0 Å². The third kappa shape index (κ3) is 2.86. The van der Waals surface area contributed by atoms with E-state index in [1.54, 1.807) is 6.20 Å². The molecule has 0 aliphatic heterocycles. The average Bonchev–Trinajstić information content (AvgIpc) is 2.13. The SMILES string of the molecule is Cc1ccnc(NCCCO)c1Cl. The van der Waals surface area contributed by atoms with Gasteiger partial charge in [-0.15, -0.1) is 0 Å². The Morgan fingerprint density at radius 2 is 2.38 bits per heavy atom. The van der Waals surface area contributed by atoms with E-state index in [1.807, 2.05) is 13.0 Å². The number of rotatable bonds is 4. The minimum atomic E-state index is 0.177. The quantitative estimate of drug-likeness (QED) is 0.730. The fraction of sp³-hybridized carbons (Fsp3) is 0.444. The smallest absolute Gasteiger partial charge is 0.145 e. The molecule has 1 aromatic rings. The Labute approximate surface area is 82.8 Å². The van der Waals surface area contributed by atoms with Crippen LogP contribution < -0.4 is 5.32 Å². The lowest BCUT2D eigenvalue weighted by molar-refractivity contribution is 0.292. The van der Waals surface area contributed by atoms with Crippen molar-refractivity contribution in [1.82, 2.24) is 4.98 Å². The van der Waals surface area contributed by atoms with Crippen LogP contribution in [0.3, 0.4) is 0 Å². The molecule has 0 aliphatic rings. The topological polar surface area (TPSA) is 45.2 Å². The Bertz CT molecular complexity index is 278. The van der Waals surface area contributed by atoms with E-state index in [0.717, 1.165) is 5.56 Å². The molecule has 2 N–H and O–H groups in total. The lowest BCUT2D eigenvalue weighted by Gasteiger charge is -2.07. The van der Waals surface area contributed by atoms with Crippen LogP contribution in [0.1, 0.15) is 12.0 Å². The van der Waals surface area contributed by atoms with Gasteiger partial charge in [0.05, 0.1) is 5.02 Å². The Balaban J connectivity index is 2.61. The number of pyridine rings is 1. The summed E-state index contributed by atoms with van der Waals surface area (Å²) in [6.07, 6.45) is 2.41. The summed E-state index contributed by atoms with van der Waals surface area (Å²) >= 11 is 5.98. The van der Waals surface area contributed by atoms with Crippen LogP contribution in [0.2, 0.25) is 5.02 Å². The summed E-state index contributed by atoms with van der Waals surface area (Å²) in [7, 11) is 0. The van der Waals surface area contributed by atoms with Crippen LogP contribution in [-0.2, 0) is 0 Å². The standard InChI is InChI=1S/C9H13ClN2O/c1-7-3-5-12-9(8(7)10)11-4-2-6-13/h3,5,13H,2,4,6H2,1H3,(H,11,12). The van der Waals surface area contributed by atoms with Crippen molar-refractivity contribution < 1.29 is 5.11 Å². The summed E-state index contributed by atoms with van der Waals surface area (Å²) in [4.78, 5) is 4.09. The molecule has 1 rings (SSSR count). The van der Waals surface area contributed by atoms with E-state index in [0.29, 0.717) is 23.8 Å². The number of anilines is 1. The molecule has 1 aromatic heterocycles. The maximum absolute atomic E-state index is 8.57. The Hall–Kier alpha value is -0.800. The van der Waals surface area contributed by atoms with E-state index in [9.17, 15) is 0 Å². The molecule has 4 heteroatoms. The first-order valence-electron chi connectivity index (χ1n) is 4.21. The summed E-state index contributed by atoms with van der Waals surface area (Å²) in [6.45, 7) is 2.80. The van der Waals surface area contributed by atoms with Crippen LogP contribution in [-0.4, -0.2) is 23.2 Å². The number of nitrogens with one attached hydrogen (secondary N) is 1. The van der Waals surface area contributed by atoms with Crippen LogP contribution in [0.5, 0.6) is 0 Å². The average molecular weight is 201 g/mol. The molecule has 13 heavy (non-hydrogen) atoms. The predicted octanol–water partition coefficient (Wildman–Crippen LogP) is 1.84. The van der Waals surface area contributed by atoms with Gasteiger partial charge < -0.3 is 10.4 Å². The van der Waals surface area contributed by atoms with Gasteiger partial charge in [0.15, 0.2) is 0 Å². The second-order valence-corrected chi connectivity index (χ2v) is 3.17. The fourth-order valence-electron chi connectivity index (χ4n) is 0.949. The molecule has 0 atom stereocenters. The van der Waals surface area contributed by atoms with Gasteiger partial charge in [-0.2, -0.15) is 0 Å². The van der Waals surface area contributed by atoms with E-state index >= 15 is 0 Å². The zero-order valence-corrected chi connectivity index (χ0v) is 8.30. The number of aryl methyl sites for hydroxylation is 1. The molecule has 0 bridgehead atoms. The van der Waals surface area contributed by atoms with Crippen molar-refractivity contribution >= 4 is 17.4 Å². The number of halogens is 1. The lowest BCUT2D eigenvalue weighted by Crippen LogP contribution is -2.05. The Kier molecular flexibility index (Phi) is 3.99. The highest BCUT2D eigenvalue weighted by molar-refractivity contribution is 6.33. The van der Waals surface area contributed by atoms with Crippen molar-refractivity contribution in [2.45, 2.75) is 13.3 Å². The molecular formula is C9H13ClN2O.